The number of likely N-dealkylation sites (tertiary alicyclic amines) is 1. The van der Waals surface area contributed by atoms with Crippen molar-refractivity contribution >= 4 is 5.91 Å². The zero-order chi connectivity index (χ0) is 16.3. The van der Waals surface area contributed by atoms with Crippen molar-refractivity contribution in [2.24, 2.45) is 5.92 Å². The molecule has 1 aliphatic heterocycles. The van der Waals surface area contributed by atoms with Crippen molar-refractivity contribution in [1.29, 1.82) is 0 Å². The van der Waals surface area contributed by atoms with Gasteiger partial charge in [-0.2, -0.15) is 13.2 Å². The van der Waals surface area contributed by atoms with Crippen LogP contribution in [0.2, 0.25) is 0 Å². The van der Waals surface area contributed by atoms with Crippen LogP contribution in [-0.2, 0) is 11.2 Å². The minimum absolute atomic E-state index is 0.0131. The highest BCUT2D eigenvalue weighted by Gasteiger charge is 2.44. The van der Waals surface area contributed by atoms with Gasteiger partial charge in [0.2, 0.25) is 5.91 Å². The van der Waals surface area contributed by atoms with Gasteiger partial charge in [-0.1, -0.05) is 18.2 Å². The summed E-state index contributed by atoms with van der Waals surface area (Å²) < 4.78 is 37.4. The standard InChI is InChI=1S/C15H18F3NO3/c16-15(17,18)14(22)10-5-7-19(8-6-10)13(21)9-11-3-1-2-4-12(11)20/h1-4,10,14,20,22H,5-9H2. The van der Waals surface area contributed by atoms with Crippen LogP contribution in [0.15, 0.2) is 24.3 Å². The van der Waals surface area contributed by atoms with Crippen molar-refractivity contribution in [3.63, 3.8) is 0 Å². The van der Waals surface area contributed by atoms with E-state index in [0.717, 1.165) is 0 Å². The quantitative estimate of drug-likeness (QED) is 0.897. The highest BCUT2D eigenvalue weighted by molar-refractivity contribution is 5.79. The van der Waals surface area contributed by atoms with Crippen LogP contribution >= 0.6 is 0 Å². The van der Waals surface area contributed by atoms with Crippen LogP contribution in [0.5, 0.6) is 5.75 Å². The zero-order valence-corrected chi connectivity index (χ0v) is 11.9. The first kappa shape index (κ1) is 16.6. The lowest BCUT2D eigenvalue weighted by atomic mass is 9.90. The maximum absolute atomic E-state index is 12.5. The molecule has 1 aliphatic rings. The molecule has 0 aliphatic carbocycles. The maximum Gasteiger partial charge on any atom is 0.414 e. The molecular formula is C15H18F3NO3. The van der Waals surface area contributed by atoms with Gasteiger partial charge in [0.25, 0.3) is 0 Å². The number of aliphatic hydroxyl groups is 1. The Kier molecular flexibility index (Phi) is 4.95. The molecule has 1 unspecified atom stereocenters. The molecule has 0 saturated carbocycles. The zero-order valence-electron chi connectivity index (χ0n) is 11.9. The van der Waals surface area contributed by atoms with Crippen LogP contribution < -0.4 is 0 Å². The Labute approximate surface area is 126 Å². The fourth-order valence-corrected chi connectivity index (χ4v) is 2.67. The minimum Gasteiger partial charge on any atom is -0.508 e. The first-order valence-electron chi connectivity index (χ1n) is 7.08. The summed E-state index contributed by atoms with van der Waals surface area (Å²) in [6, 6.07) is 6.46. The van der Waals surface area contributed by atoms with Gasteiger partial charge < -0.3 is 15.1 Å². The van der Waals surface area contributed by atoms with Gasteiger partial charge in [-0.3, -0.25) is 4.79 Å². The number of nitrogens with zero attached hydrogens (tertiary/aromatic N) is 1. The fraction of sp³-hybridized carbons (Fsp3) is 0.533. The van der Waals surface area contributed by atoms with Gasteiger partial charge in [-0.25, -0.2) is 0 Å². The van der Waals surface area contributed by atoms with E-state index in [0.29, 0.717) is 5.56 Å². The second-order valence-corrected chi connectivity index (χ2v) is 5.51. The molecule has 122 valence electrons. The van der Waals surface area contributed by atoms with E-state index in [4.69, 9.17) is 0 Å². The molecule has 1 fully saturated rings. The number of hydrogen-bond donors (Lipinski definition) is 2. The van der Waals surface area contributed by atoms with E-state index in [-0.39, 0.29) is 44.0 Å². The normalized spacial score (nSPS) is 18.3. The van der Waals surface area contributed by atoms with E-state index < -0.39 is 18.2 Å². The molecule has 0 bridgehead atoms. The summed E-state index contributed by atoms with van der Waals surface area (Å²) in [5.41, 5.74) is 0.491. The second kappa shape index (κ2) is 6.56. The van der Waals surface area contributed by atoms with Gasteiger partial charge in [0.15, 0.2) is 6.10 Å². The molecule has 1 aromatic rings. The van der Waals surface area contributed by atoms with Gasteiger partial charge >= 0.3 is 6.18 Å². The SMILES string of the molecule is O=C(Cc1ccccc1O)N1CCC(C(O)C(F)(F)F)CC1. The number of para-hydroxylation sites is 1. The number of rotatable bonds is 3. The number of halogens is 3. The number of hydrogen-bond acceptors (Lipinski definition) is 3. The molecule has 2 N–H and O–H groups in total. The van der Waals surface area contributed by atoms with E-state index in [1.54, 1.807) is 18.2 Å². The van der Waals surface area contributed by atoms with Gasteiger partial charge in [0.05, 0.1) is 6.42 Å². The van der Waals surface area contributed by atoms with Crippen LogP contribution in [0.25, 0.3) is 0 Å². The number of amides is 1. The van der Waals surface area contributed by atoms with Crippen LogP contribution in [-0.4, -0.2) is 46.4 Å². The van der Waals surface area contributed by atoms with E-state index in [1.165, 1.54) is 11.0 Å². The number of aromatic hydroxyl groups is 1. The smallest absolute Gasteiger partial charge is 0.414 e. The number of carbonyl (C=O) groups is 1. The molecule has 7 heteroatoms. The number of phenols is 1. The fourth-order valence-electron chi connectivity index (χ4n) is 2.67. The molecule has 0 spiro atoms. The van der Waals surface area contributed by atoms with Gasteiger partial charge in [0, 0.05) is 18.7 Å². The molecule has 1 saturated heterocycles. The molecule has 0 aromatic heterocycles. The van der Waals surface area contributed by atoms with Crippen LogP contribution in [0, 0.1) is 5.92 Å². The van der Waals surface area contributed by atoms with Crippen LogP contribution in [0.1, 0.15) is 18.4 Å². The number of benzene rings is 1. The third kappa shape index (κ3) is 3.91. The van der Waals surface area contributed by atoms with Crippen molar-refractivity contribution < 1.29 is 28.2 Å². The first-order chi connectivity index (χ1) is 10.3. The molecule has 1 aromatic carbocycles. The van der Waals surface area contributed by atoms with Crippen molar-refractivity contribution in [3.05, 3.63) is 29.8 Å². The van der Waals surface area contributed by atoms with Crippen molar-refractivity contribution in [1.82, 2.24) is 4.90 Å². The average Bonchev–Trinajstić information content (AvgIpc) is 2.48. The third-order valence-corrected chi connectivity index (χ3v) is 4.01. The van der Waals surface area contributed by atoms with Crippen molar-refractivity contribution in [2.45, 2.75) is 31.5 Å². The van der Waals surface area contributed by atoms with Gasteiger partial charge in [0.1, 0.15) is 5.75 Å². The number of alkyl halides is 3. The predicted octanol–water partition coefficient (Wildman–Crippen LogP) is 2.10. The summed E-state index contributed by atoms with van der Waals surface area (Å²) in [5, 5.41) is 18.9. The molecule has 1 heterocycles. The number of aliphatic hydroxyl groups excluding tert-OH is 1. The van der Waals surface area contributed by atoms with Crippen molar-refractivity contribution in [3.8, 4) is 5.75 Å². The number of phenolic OH excluding ortho intramolecular Hbond substituents is 1. The second-order valence-electron chi connectivity index (χ2n) is 5.51. The maximum atomic E-state index is 12.5. The summed E-state index contributed by atoms with van der Waals surface area (Å²) >= 11 is 0. The van der Waals surface area contributed by atoms with E-state index in [1.807, 2.05) is 0 Å². The Hall–Kier alpha value is -1.76. The molecule has 2 rings (SSSR count). The summed E-state index contributed by atoms with van der Waals surface area (Å²) in [6.07, 6.45) is -6.70. The number of piperidine rings is 1. The van der Waals surface area contributed by atoms with Crippen molar-refractivity contribution in [2.75, 3.05) is 13.1 Å². The molecule has 0 radical (unpaired) electrons. The highest BCUT2D eigenvalue weighted by Crippen LogP contribution is 2.31. The Morgan fingerprint density at radius 1 is 1.27 bits per heavy atom. The Bertz CT molecular complexity index is 525. The molecule has 22 heavy (non-hydrogen) atoms. The molecule has 1 atom stereocenters. The monoisotopic (exact) mass is 317 g/mol. The lowest BCUT2D eigenvalue weighted by molar-refractivity contribution is -0.222. The van der Waals surface area contributed by atoms with E-state index in [9.17, 15) is 28.2 Å². The molecular weight excluding hydrogens is 299 g/mol. The van der Waals surface area contributed by atoms with E-state index >= 15 is 0 Å². The van der Waals surface area contributed by atoms with Gasteiger partial charge in [-0.15, -0.1) is 0 Å². The molecule has 4 nitrogen and oxygen atoms in total. The summed E-state index contributed by atoms with van der Waals surface area (Å²) in [4.78, 5) is 13.6. The summed E-state index contributed by atoms with van der Waals surface area (Å²) in [6.45, 7) is 0.370. The summed E-state index contributed by atoms with van der Waals surface area (Å²) in [7, 11) is 0. The van der Waals surface area contributed by atoms with E-state index in [2.05, 4.69) is 0 Å². The predicted molar refractivity (Wildman–Crippen MR) is 73.2 cm³/mol. The summed E-state index contributed by atoms with van der Waals surface area (Å²) in [5.74, 6) is -1.08. The first-order valence-corrected chi connectivity index (χ1v) is 7.08. The lowest BCUT2D eigenvalue weighted by Crippen LogP contribution is -2.45. The average molecular weight is 317 g/mol. The Morgan fingerprint density at radius 3 is 2.41 bits per heavy atom. The Morgan fingerprint density at radius 2 is 1.86 bits per heavy atom. The molecule has 1 amide bonds. The topological polar surface area (TPSA) is 60.8 Å². The van der Waals surface area contributed by atoms with Gasteiger partial charge in [-0.05, 0) is 24.8 Å². The Balaban J connectivity index is 1.89. The van der Waals surface area contributed by atoms with Crippen LogP contribution in [0.3, 0.4) is 0 Å². The minimum atomic E-state index is -4.62. The third-order valence-electron chi connectivity index (χ3n) is 4.01. The van der Waals surface area contributed by atoms with Crippen LogP contribution in [0.4, 0.5) is 13.2 Å². The number of carbonyl (C=O) groups excluding carboxylic acids is 1. The lowest BCUT2D eigenvalue weighted by Gasteiger charge is -2.34. The largest absolute Gasteiger partial charge is 0.508 e. The highest BCUT2D eigenvalue weighted by atomic mass is 19.4.